The van der Waals surface area contributed by atoms with Crippen molar-refractivity contribution in [3.63, 3.8) is 0 Å². The number of halogens is 1. The van der Waals surface area contributed by atoms with Gasteiger partial charge in [0.25, 0.3) is 0 Å². The number of ether oxygens (including phenoxy) is 1. The van der Waals surface area contributed by atoms with Gasteiger partial charge >= 0.3 is 6.09 Å². The van der Waals surface area contributed by atoms with Crippen LogP contribution in [0.5, 0.6) is 5.06 Å². The number of carbonyl (C=O) groups excluding carboxylic acids is 1. The van der Waals surface area contributed by atoms with Crippen molar-refractivity contribution in [1.82, 2.24) is 10.2 Å². The van der Waals surface area contributed by atoms with Crippen molar-refractivity contribution in [3.8, 4) is 5.06 Å². The van der Waals surface area contributed by atoms with Crippen molar-refractivity contribution < 1.29 is 9.53 Å². The number of benzene rings is 1. The van der Waals surface area contributed by atoms with Crippen LogP contribution in [-0.2, 0) is 0 Å². The van der Waals surface area contributed by atoms with Crippen LogP contribution in [0.1, 0.15) is 12.8 Å². The van der Waals surface area contributed by atoms with Gasteiger partial charge in [-0.25, -0.2) is 4.79 Å². The Kier molecular flexibility index (Phi) is 3.72. The molecule has 1 atom stereocenters. The van der Waals surface area contributed by atoms with Crippen LogP contribution >= 0.6 is 22.9 Å². The first-order chi connectivity index (χ1) is 10.7. The normalized spacial score (nSPS) is 27.0. The van der Waals surface area contributed by atoms with Gasteiger partial charge in [-0.3, -0.25) is 0 Å². The molecule has 0 spiro atoms. The van der Waals surface area contributed by atoms with E-state index in [0.29, 0.717) is 16.0 Å². The van der Waals surface area contributed by atoms with E-state index in [1.165, 1.54) is 24.2 Å². The average Bonchev–Trinajstić information content (AvgIpc) is 2.92. The minimum Gasteiger partial charge on any atom is -0.399 e. The maximum atomic E-state index is 12.1. The molecule has 2 aromatic rings. The monoisotopic (exact) mass is 336 g/mol. The predicted molar refractivity (Wildman–Crippen MR) is 88.9 cm³/mol. The first-order valence-corrected chi connectivity index (χ1v) is 8.77. The molecule has 4 heterocycles. The molecule has 1 N–H and O–H groups in total. The number of carbonyl (C=O) groups is 1. The van der Waals surface area contributed by atoms with Crippen molar-refractivity contribution in [2.24, 2.45) is 5.92 Å². The van der Waals surface area contributed by atoms with Crippen molar-refractivity contribution in [1.29, 1.82) is 0 Å². The minimum atomic E-state index is -0.360. The number of thiophene rings is 1. The number of nitrogens with zero attached hydrogens (tertiary/aromatic N) is 1. The van der Waals surface area contributed by atoms with Gasteiger partial charge in [0.15, 0.2) is 5.06 Å². The van der Waals surface area contributed by atoms with Gasteiger partial charge in [-0.2, -0.15) is 0 Å². The fourth-order valence-electron chi connectivity index (χ4n) is 3.45. The fraction of sp³-hybridized carbons (Fsp3) is 0.438. The fourth-order valence-corrected chi connectivity index (χ4v) is 4.67. The van der Waals surface area contributed by atoms with Gasteiger partial charge in [-0.15, -0.1) is 0 Å². The molecule has 5 rings (SSSR count). The lowest BCUT2D eigenvalue weighted by Gasteiger charge is -2.44. The van der Waals surface area contributed by atoms with E-state index < -0.39 is 0 Å². The van der Waals surface area contributed by atoms with E-state index in [-0.39, 0.29) is 12.1 Å². The number of amides is 1. The first kappa shape index (κ1) is 14.3. The smallest absolute Gasteiger partial charge is 0.399 e. The first-order valence-electron chi connectivity index (χ1n) is 7.58. The topological polar surface area (TPSA) is 41.6 Å². The Bertz CT molecular complexity index is 709. The van der Waals surface area contributed by atoms with Crippen LogP contribution in [0.15, 0.2) is 24.3 Å². The third kappa shape index (κ3) is 2.69. The Hall–Kier alpha value is -1.30. The summed E-state index contributed by atoms with van der Waals surface area (Å²) in [4.78, 5) is 14.5. The zero-order chi connectivity index (χ0) is 15.1. The Balaban J connectivity index is 1.44. The van der Waals surface area contributed by atoms with Crippen LogP contribution in [0.2, 0.25) is 5.02 Å². The van der Waals surface area contributed by atoms with Gasteiger partial charge in [-0.1, -0.05) is 35.1 Å². The van der Waals surface area contributed by atoms with Crippen LogP contribution in [0, 0.1) is 5.92 Å². The highest BCUT2D eigenvalue weighted by Crippen LogP contribution is 2.36. The molecule has 22 heavy (non-hydrogen) atoms. The van der Waals surface area contributed by atoms with Gasteiger partial charge in [0.05, 0.1) is 9.72 Å². The molecule has 3 aliphatic rings. The summed E-state index contributed by atoms with van der Waals surface area (Å²) in [6.07, 6.45) is 1.98. The van der Waals surface area contributed by atoms with Crippen LogP contribution in [0.3, 0.4) is 0 Å². The molecule has 3 saturated heterocycles. The number of nitrogens with one attached hydrogen (secondary N) is 1. The van der Waals surface area contributed by atoms with Crippen LogP contribution in [0.25, 0.3) is 10.1 Å². The summed E-state index contributed by atoms with van der Waals surface area (Å²) in [6, 6.07) is 7.79. The maximum Gasteiger partial charge on any atom is 0.413 e. The summed E-state index contributed by atoms with van der Waals surface area (Å²) in [5.74, 6) is 0.592. The molecule has 0 radical (unpaired) electrons. The molecule has 6 heteroatoms. The Morgan fingerprint density at radius 1 is 1.36 bits per heavy atom. The number of hydrogen-bond donors (Lipinski definition) is 1. The highest BCUT2D eigenvalue weighted by atomic mass is 35.5. The predicted octanol–water partition coefficient (Wildman–Crippen LogP) is 3.74. The van der Waals surface area contributed by atoms with Gasteiger partial charge < -0.3 is 15.0 Å². The van der Waals surface area contributed by atoms with Gasteiger partial charge in [-0.05, 0) is 43.3 Å². The Labute approximate surface area is 138 Å². The second-order valence-electron chi connectivity index (χ2n) is 6.00. The third-order valence-electron chi connectivity index (χ3n) is 4.63. The highest BCUT2D eigenvalue weighted by Gasteiger charge is 2.35. The summed E-state index contributed by atoms with van der Waals surface area (Å²) in [6.45, 7) is 3.26. The quantitative estimate of drug-likeness (QED) is 0.908. The van der Waals surface area contributed by atoms with Gasteiger partial charge in [0.2, 0.25) is 0 Å². The summed E-state index contributed by atoms with van der Waals surface area (Å²) in [7, 11) is 0. The number of fused-ring (bicyclic) bond motifs is 4. The standard InChI is InChI=1S/C16H17ClN2O2S/c17-12-3-1-2-11-8-14(22-15(11)12)21-16(20)18-13-9-19-6-4-10(13)5-7-19/h1-3,8,10,13H,4-7,9H2,(H,18,20)/t13-/m0/s1. The molecule has 4 nitrogen and oxygen atoms in total. The lowest BCUT2D eigenvalue weighted by atomic mass is 9.84. The minimum absolute atomic E-state index is 0.216. The molecule has 1 aromatic heterocycles. The summed E-state index contributed by atoms with van der Waals surface area (Å²) in [5.41, 5.74) is 0. The summed E-state index contributed by atoms with van der Waals surface area (Å²) >= 11 is 7.56. The zero-order valence-corrected chi connectivity index (χ0v) is 13.6. The molecular weight excluding hydrogens is 320 g/mol. The second-order valence-corrected chi connectivity index (χ2v) is 7.42. The number of piperidine rings is 3. The number of rotatable bonds is 2. The van der Waals surface area contributed by atoms with E-state index in [4.69, 9.17) is 16.3 Å². The third-order valence-corrected chi connectivity index (χ3v) is 6.12. The maximum absolute atomic E-state index is 12.1. The molecule has 2 bridgehead atoms. The SMILES string of the molecule is O=C(N[C@H]1CN2CCC1CC2)Oc1cc2cccc(Cl)c2s1. The lowest BCUT2D eigenvalue weighted by Crippen LogP contribution is -2.57. The Morgan fingerprint density at radius 3 is 2.86 bits per heavy atom. The molecule has 0 unspecified atom stereocenters. The Morgan fingerprint density at radius 2 is 2.18 bits per heavy atom. The molecule has 3 aliphatic heterocycles. The molecule has 0 aliphatic carbocycles. The van der Waals surface area contributed by atoms with Crippen LogP contribution in [0.4, 0.5) is 4.79 Å². The number of hydrogen-bond acceptors (Lipinski definition) is 4. The van der Waals surface area contributed by atoms with E-state index in [9.17, 15) is 4.79 Å². The van der Waals surface area contributed by atoms with Crippen LogP contribution < -0.4 is 10.1 Å². The van der Waals surface area contributed by atoms with E-state index in [0.717, 1.165) is 29.7 Å². The molecule has 116 valence electrons. The van der Waals surface area contributed by atoms with Gasteiger partial charge in [0.1, 0.15) is 0 Å². The molecule has 1 aromatic carbocycles. The van der Waals surface area contributed by atoms with Crippen molar-refractivity contribution >= 4 is 39.1 Å². The molecule has 0 saturated carbocycles. The van der Waals surface area contributed by atoms with Crippen molar-refractivity contribution in [3.05, 3.63) is 29.3 Å². The van der Waals surface area contributed by atoms with Crippen molar-refractivity contribution in [2.45, 2.75) is 18.9 Å². The summed E-state index contributed by atoms with van der Waals surface area (Å²) in [5, 5.41) is 5.31. The van der Waals surface area contributed by atoms with Crippen molar-refractivity contribution in [2.75, 3.05) is 19.6 Å². The van der Waals surface area contributed by atoms with Gasteiger partial charge in [0, 0.05) is 18.7 Å². The average molecular weight is 337 g/mol. The van der Waals surface area contributed by atoms with E-state index >= 15 is 0 Å². The van der Waals surface area contributed by atoms with E-state index in [1.54, 1.807) is 0 Å². The van der Waals surface area contributed by atoms with E-state index in [1.807, 2.05) is 24.3 Å². The van der Waals surface area contributed by atoms with Crippen LogP contribution in [-0.4, -0.2) is 36.7 Å². The zero-order valence-electron chi connectivity index (χ0n) is 12.0. The molecule has 3 fully saturated rings. The largest absolute Gasteiger partial charge is 0.413 e. The summed E-state index contributed by atoms with van der Waals surface area (Å²) < 4.78 is 6.41. The van der Waals surface area contributed by atoms with E-state index in [2.05, 4.69) is 10.2 Å². The second kappa shape index (κ2) is 5.72. The highest BCUT2D eigenvalue weighted by molar-refractivity contribution is 7.21. The lowest BCUT2D eigenvalue weighted by molar-refractivity contribution is 0.0726. The molecule has 1 amide bonds. The molecular formula is C16H17ClN2O2S.